The number of carbonyl (C=O) groups is 1. The van der Waals surface area contributed by atoms with Crippen molar-refractivity contribution in [1.82, 2.24) is 15.2 Å². The first-order valence-electron chi connectivity index (χ1n) is 6.04. The molecule has 1 aromatic rings. The smallest absolute Gasteiger partial charge is 0.236 e. The maximum atomic E-state index is 11.7. The van der Waals surface area contributed by atoms with Gasteiger partial charge in [0, 0.05) is 31.4 Å². The fourth-order valence-corrected chi connectivity index (χ4v) is 2.37. The van der Waals surface area contributed by atoms with Gasteiger partial charge < -0.3 is 10.2 Å². The van der Waals surface area contributed by atoms with Crippen LogP contribution < -0.4 is 5.32 Å². The quantitative estimate of drug-likeness (QED) is 0.775. The number of hydrogen-bond acceptors (Lipinski definition) is 4. The predicted molar refractivity (Wildman–Crippen MR) is 69.2 cm³/mol. The Labute approximate surface area is 106 Å². The van der Waals surface area contributed by atoms with E-state index in [1.165, 1.54) is 12.8 Å². The van der Waals surface area contributed by atoms with Gasteiger partial charge in [-0.3, -0.25) is 4.79 Å². The van der Waals surface area contributed by atoms with E-state index in [-0.39, 0.29) is 5.91 Å². The summed E-state index contributed by atoms with van der Waals surface area (Å²) in [5.41, 5.74) is 1.11. The number of nitrogens with zero attached hydrogens (tertiary/aromatic N) is 2. The molecule has 0 aromatic carbocycles. The van der Waals surface area contributed by atoms with Crippen LogP contribution >= 0.6 is 11.3 Å². The minimum atomic E-state index is 0.196. The highest BCUT2D eigenvalue weighted by Gasteiger charge is 2.28. The zero-order valence-electron chi connectivity index (χ0n) is 10.4. The molecule has 0 radical (unpaired) electrons. The Balaban J connectivity index is 1.61. The highest BCUT2D eigenvalue weighted by atomic mass is 32.1. The minimum absolute atomic E-state index is 0.196. The summed E-state index contributed by atoms with van der Waals surface area (Å²) in [5.74, 6) is 0.196. The van der Waals surface area contributed by atoms with Crippen LogP contribution in [0.1, 0.15) is 23.5 Å². The number of likely N-dealkylation sites (N-methyl/N-ethyl adjacent to an activating group) is 1. The van der Waals surface area contributed by atoms with Crippen molar-refractivity contribution in [1.29, 1.82) is 0 Å². The number of amides is 1. The van der Waals surface area contributed by atoms with Crippen molar-refractivity contribution in [3.8, 4) is 0 Å². The van der Waals surface area contributed by atoms with Crippen LogP contribution in [0, 0.1) is 6.92 Å². The standard InChI is InChI=1S/C12H19N3OS/c1-9-14-10(8-17-9)5-6-13-7-12(16)15(2)11-3-4-11/h8,11,13H,3-7H2,1-2H3. The summed E-state index contributed by atoms with van der Waals surface area (Å²) in [6, 6.07) is 0.505. The predicted octanol–water partition coefficient (Wildman–Crippen LogP) is 1.20. The van der Waals surface area contributed by atoms with Crippen molar-refractivity contribution < 1.29 is 4.79 Å². The molecule has 0 aliphatic heterocycles. The van der Waals surface area contributed by atoms with Gasteiger partial charge in [0.05, 0.1) is 17.2 Å². The molecular weight excluding hydrogens is 234 g/mol. The topological polar surface area (TPSA) is 45.2 Å². The largest absolute Gasteiger partial charge is 0.342 e. The average molecular weight is 253 g/mol. The summed E-state index contributed by atoms with van der Waals surface area (Å²) in [4.78, 5) is 17.9. The van der Waals surface area contributed by atoms with Crippen LogP contribution in [0.4, 0.5) is 0 Å². The van der Waals surface area contributed by atoms with Crippen LogP contribution in [0.5, 0.6) is 0 Å². The van der Waals surface area contributed by atoms with Crippen molar-refractivity contribution in [2.24, 2.45) is 0 Å². The third-order valence-electron chi connectivity index (χ3n) is 2.99. The lowest BCUT2D eigenvalue weighted by atomic mass is 10.3. The zero-order valence-corrected chi connectivity index (χ0v) is 11.2. The fourth-order valence-electron chi connectivity index (χ4n) is 1.73. The lowest BCUT2D eigenvalue weighted by molar-refractivity contribution is -0.129. The molecule has 1 aliphatic carbocycles. The Morgan fingerprint density at radius 2 is 2.41 bits per heavy atom. The third-order valence-corrected chi connectivity index (χ3v) is 3.81. The first-order valence-corrected chi connectivity index (χ1v) is 6.92. The molecule has 1 heterocycles. The Bertz CT molecular complexity index is 387. The number of carbonyl (C=O) groups excluding carboxylic acids is 1. The number of thiazole rings is 1. The highest BCUT2D eigenvalue weighted by Crippen LogP contribution is 2.24. The number of aromatic nitrogens is 1. The summed E-state index contributed by atoms with van der Waals surface area (Å²) in [7, 11) is 1.89. The molecule has 0 atom stereocenters. The van der Waals surface area contributed by atoms with Crippen molar-refractivity contribution in [3.05, 3.63) is 16.1 Å². The average Bonchev–Trinajstić information content (AvgIpc) is 3.07. The van der Waals surface area contributed by atoms with Gasteiger partial charge in [0.2, 0.25) is 5.91 Å². The van der Waals surface area contributed by atoms with Crippen molar-refractivity contribution >= 4 is 17.2 Å². The summed E-state index contributed by atoms with van der Waals surface area (Å²) in [6.07, 6.45) is 3.23. The lowest BCUT2D eigenvalue weighted by Crippen LogP contribution is -2.37. The van der Waals surface area contributed by atoms with Crippen LogP contribution in [0.25, 0.3) is 0 Å². The fraction of sp³-hybridized carbons (Fsp3) is 0.667. The second-order valence-electron chi connectivity index (χ2n) is 4.52. The molecule has 2 rings (SSSR count). The van der Waals surface area contributed by atoms with Crippen LogP contribution in [-0.2, 0) is 11.2 Å². The molecule has 0 spiro atoms. The van der Waals surface area contributed by atoms with Crippen molar-refractivity contribution in [3.63, 3.8) is 0 Å². The Hall–Kier alpha value is -0.940. The first kappa shape index (κ1) is 12.5. The molecule has 0 bridgehead atoms. The molecule has 0 saturated heterocycles. The van der Waals surface area contributed by atoms with Gasteiger partial charge >= 0.3 is 0 Å². The molecule has 5 heteroatoms. The van der Waals surface area contributed by atoms with Gasteiger partial charge in [-0.25, -0.2) is 4.98 Å². The molecule has 94 valence electrons. The summed E-state index contributed by atoms with van der Waals surface area (Å²) in [6.45, 7) is 3.26. The van der Waals surface area contributed by atoms with Crippen molar-refractivity contribution in [2.45, 2.75) is 32.2 Å². The van der Waals surface area contributed by atoms with E-state index in [1.54, 1.807) is 11.3 Å². The van der Waals surface area contributed by atoms with E-state index < -0.39 is 0 Å². The number of aryl methyl sites for hydroxylation is 1. The Kier molecular flexibility index (Phi) is 4.12. The van der Waals surface area contributed by atoms with Gasteiger partial charge in [-0.2, -0.15) is 0 Å². The van der Waals surface area contributed by atoms with Crippen molar-refractivity contribution in [2.75, 3.05) is 20.1 Å². The molecule has 1 aliphatic rings. The molecular formula is C12H19N3OS. The van der Waals surface area contributed by atoms with E-state index >= 15 is 0 Å². The van der Waals surface area contributed by atoms with E-state index in [2.05, 4.69) is 15.7 Å². The van der Waals surface area contributed by atoms with Gasteiger partial charge in [-0.05, 0) is 19.8 Å². The first-order chi connectivity index (χ1) is 8.16. The molecule has 1 aromatic heterocycles. The van der Waals surface area contributed by atoms with Gasteiger partial charge in [0.1, 0.15) is 0 Å². The van der Waals surface area contributed by atoms with E-state index in [0.29, 0.717) is 12.6 Å². The number of rotatable bonds is 6. The second-order valence-corrected chi connectivity index (χ2v) is 5.58. The molecule has 4 nitrogen and oxygen atoms in total. The normalized spacial score (nSPS) is 14.9. The Morgan fingerprint density at radius 1 is 1.65 bits per heavy atom. The lowest BCUT2D eigenvalue weighted by Gasteiger charge is -2.16. The van der Waals surface area contributed by atoms with Crippen LogP contribution in [0.2, 0.25) is 0 Å². The van der Waals surface area contributed by atoms with Crippen LogP contribution in [0.3, 0.4) is 0 Å². The van der Waals surface area contributed by atoms with Crippen LogP contribution in [-0.4, -0.2) is 42.0 Å². The Morgan fingerprint density at radius 3 is 3.00 bits per heavy atom. The maximum absolute atomic E-state index is 11.7. The van der Waals surface area contributed by atoms with Gasteiger partial charge in [0.25, 0.3) is 0 Å². The SMILES string of the molecule is Cc1nc(CCNCC(=O)N(C)C2CC2)cs1. The molecule has 1 saturated carbocycles. The highest BCUT2D eigenvalue weighted by molar-refractivity contribution is 7.09. The molecule has 1 fully saturated rings. The number of hydrogen-bond donors (Lipinski definition) is 1. The maximum Gasteiger partial charge on any atom is 0.236 e. The summed E-state index contributed by atoms with van der Waals surface area (Å²) >= 11 is 1.67. The van der Waals surface area contributed by atoms with E-state index in [9.17, 15) is 4.79 Å². The van der Waals surface area contributed by atoms with E-state index in [0.717, 1.165) is 23.7 Å². The van der Waals surface area contributed by atoms with E-state index in [4.69, 9.17) is 0 Å². The minimum Gasteiger partial charge on any atom is -0.342 e. The van der Waals surface area contributed by atoms with Gasteiger partial charge in [-0.15, -0.1) is 11.3 Å². The van der Waals surface area contributed by atoms with Gasteiger partial charge in [0.15, 0.2) is 0 Å². The monoisotopic (exact) mass is 253 g/mol. The van der Waals surface area contributed by atoms with E-state index in [1.807, 2.05) is 18.9 Å². The molecule has 1 amide bonds. The molecule has 0 unspecified atom stereocenters. The van der Waals surface area contributed by atoms with Crippen LogP contribution in [0.15, 0.2) is 5.38 Å². The molecule has 1 N–H and O–H groups in total. The van der Waals surface area contributed by atoms with Gasteiger partial charge in [-0.1, -0.05) is 0 Å². The number of nitrogens with one attached hydrogen (secondary N) is 1. The summed E-state index contributed by atoms with van der Waals surface area (Å²) in [5, 5.41) is 6.36. The summed E-state index contributed by atoms with van der Waals surface area (Å²) < 4.78 is 0. The third kappa shape index (κ3) is 3.78. The second kappa shape index (κ2) is 5.60. The molecule has 17 heavy (non-hydrogen) atoms. The zero-order chi connectivity index (χ0) is 12.3.